The van der Waals surface area contributed by atoms with E-state index in [9.17, 15) is 8.42 Å². The molecule has 0 unspecified atom stereocenters. The van der Waals surface area contributed by atoms with E-state index >= 15 is 0 Å². The Morgan fingerprint density at radius 2 is 1.79 bits per heavy atom. The molecule has 8 heteroatoms. The smallest absolute Gasteiger partial charge is 0.265 e. The van der Waals surface area contributed by atoms with Gasteiger partial charge in [0.1, 0.15) is 4.90 Å². The second-order valence-electron chi connectivity index (χ2n) is 5.48. The van der Waals surface area contributed by atoms with E-state index in [1.54, 1.807) is 39.1 Å². The molecule has 1 aromatic carbocycles. The van der Waals surface area contributed by atoms with Crippen molar-refractivity contribution in [1.29, 1.82) is 0 Å². The van der Waals surface area contributed by atoms with Crippen LogP contribution in [-0.2, 0) is 10.0 Å². The maximum absolute atomic E-state index is 13.0. The molecule has 2 aromatic heterocycles. The van der Waals surface area contributed by atoms with Crippen LogP contribution in [-0.4, -0.2) is 25.6 Å². The van der Waals surface area contributed by atoms with Crippen molar-refractivity contribution < 1.29 is 12.9 Å². The third-order valence-electron chi connectivity index (χ3n) is 3.66. The molecule has 6 nitrogen and oxygen atoms in total. The molecule has 0 radical (unpaired) electrons. The van der Waals surface area contributed by atoms with Crippen molar-refractivity contribution in [1.82, 2.24) is 10.1 Å². The SMILES string of the molecule is Cc1ccc(N(C)S(=O)(=O)c2cc(-c3noc(C)n3)sc2C)cc1. The number of aryl methyl sites for hydroxylation is 3. The van der Waals surface area contributed by atoms with Crippen molar-refractivity contribution in [3.05, 3.63) is 46.7 Å². The summed E-state index contributed by atoms with van der Waals surface area (Å²) >= 11 is 1.33. The average molecular weight is 363 g/mol. The van der Waals surface area contributed by atoms with E-state index in [1.807, 2.05) is 19.1 Å². The molecule has 0 saturated heterocycles. The normalized spacial score (nSPS) is 11.7. The first kappa shape index (κ1) is 16.7. The predicted octanol–water partition coefficient (Wildman–Crippen LogP) is 3.55. The lowest BCUT2D eigenvalue weighted by Gasteiger charge is -2.19. The highest BCUT2D eigenvalue weighted by Crippen LogP contribution is 2.34. The largest absolute Gasteiger partial charge is 0.339 e. The fraction of sp³-hybridized carbons (Fsp3) is 0.250. The van der Waals surface area contributed by atoms with Gasteiger partial charge in [-0.1, -0.05) is 22.9 Å². The van der Waals surface area contributed by atoms with E-state index in [4.69, 9.17) is 4.52 Å². The Kier molecular flexibility index (Phi) is 4.18. The van der Waals surface area contributed by atoms with E-state index in [0.717, 1.165) is 5.56 Å². The maximum Gasteiger partial charge on any atom is 0.265 e. The number of rotatable bonds is 4. The lowest BCUT2D eigenvalue weighted by molar-refractivity contribution is 0.394. The van der Waals surface area contributed by atoms with E-state index in [-0.39, 0.29) is 4.90 Å². The molecular weight excluding hydrogens is 346 g/mol. The van der Waals surface area contributed by atoms with E-state index in [1.165, 1.54) is 15.6 Å². The van der Waals surface area contributed by atoms with Crippen LogP contribution in [0.25, 0.3) is 10.7 Å². The molecule has 0 aliphatic carbocycles. The average Bonchev–Trinajstić information content (AvgIpc) is 3.13. The van der Waals surface area contributed by atoms with Crippen LogP contribution in [0.5, 0.6) is 0 Å². The molecule has 0 aliphatic heterocycles. The summed E-state index contributed by atoms with van der Waals surface area (Å²) in [6, 6.07) is 8.95. The molecule has 0 aliphatic rings. The summed E-state index contributed by atoms with van der Waals surface area (Å²) in [5, 5.41) is 3.85. The number of anilines is 1. The van der Waals surface area contributed by atoms with Crippen LogP contribution in [0.2, 0.25) is 0 Å². The minimum absolute atomic E-state index is 0.257. The summed E-state index contributed by atoms with van der Waals surface area (Å²) in [7, 11) is -2.11. The summed E-state index contributed by atoms with van der Waals surface area (Å²) in [4.78, 5) is 5.77. The molecule has 0 bridgehead atoms. The Hall–Kier alpha value is -2.19. The number of thiophene rings is 1. The highest BCUT2D eigenvalue weighted by molar-refractivity contribution is 7.93. The van der Waals surface area contributed by atoms with Crippen LogP contribution in [0.3, 0.4) is 0 Å². The van der Waals surface area contributed by atoms with Crippen LogP contribution in [0.4, 0.5) is 5.69 Å². The summed E-state index contributed by atoms with van der Waals surface area (Å²) in [5.41, 5.74) is 1.69. The van der Waals surface area contributed by atoms with Gasteiger partial charge in [0.15, 0.2) is 0 Å². The summed E-state index contributed by atoms with van der Waals surface area (Å²) in [6.07, 6.45) is 0. The van der Waals surface area contributed by atoms with Gasteiger partial charge in [-0.05, 0) is 32.0 Å². The Morgan fingerprint density at radius 1 is 1.12 bits per heavy atom. The van der Waals surface area contributed by atoms with Gasteiger partial charge in [0.25, 0.3) is 10.0 Å². The molecule has 126 valence electrons. The first-order valence-corrected chi connectivity index (χ1v) is 9.51. The number of sulfonamides is 1. The number of aromatic nitrogens is 2. The van der Waals surface area contributed by atoms with Crippen molar-refractivity contribution in [2.75, 3.05) is 11.4 Å². The molecule has 0 spiro atoms. The second kappa shape index (κ2) is 6.03. The lowest BCUT2D eigenvalue weighted by Crippen LogP contribution is -2.26. The first-order valence-electron chi connectivity index (χ1n) is 7.26. The minimum Gasteiger partial charge on any atom is -0.339 e. The Bertz CT molecular complexity index is 972. The summed E-state index contributed by atoms with van der Waals surface area (Å²) in [5.74, 6) is 0.845. The van der Waals surface area contributed by atoms with E-state index in [2.05, 4.69) is 10.1 Å². The van der Waals surface area contributed by atoms with Crippen molar-refractivity contribution in [2.24, 2.45) is 0 Å². The van der Waals surface area contributed by atoms with Crippen molar-refractivity contribution in [2.45, 2.75) is 25.7 Å². The topological polar surface area (TPSA) is 76.3 Å². The van der Waals surface area contributed by atoms with Gasteiger partial charge < -0.3 is 4.52 Å². The predicted molar refractivity (Wildman–Crippen MR) is 93.9 cm³/mol. The van der Waals surface area contributed by atoms with E-state index in [0.29, 0.717) is 27.2 Å². The lowest BCUT2D eigenvalue weighted by atomic mass is 10.2. The Balaban J connectivity index is 2.00. The molecule has 24 heavy (non-hydrogen) atoms. The molecule has 0 N–H and O–H groups in total. The maximum atomic E-state index is 13.0. The van der Waals surface area contributed by atoms with Gasteiger partial charge >= 0.3 is 0 Å². The quantitative estimate of drug-likeness (QED) is 0.708. The standard InChI is InChI=1S/C16H17N3O3S2/c1-10-5-7-13(8-6-10)19(4)24(20,21)15-9-14(23-11(15)2)16-17-12(3)22-18-16/h5-9H,1-4H3. The zero-order valence-electron chi connectivity index (χ0n) is 13.8. The first-order chi connectivity index (χ1) is 11.3. The Morgan fingerprint density at radius 3 is 2.38 bits per heavy atom. The van der Waals surface area contributed by atoms with E-state index < -0.39 is 10.0 Å². The highest BCUT2D eigenvalue weighted by atomic mass is 32.2. The Labute approximate surface area is 144 Å². The second-order valence-corrected chi connectivity index (χ2v) is 8.67. The van der Waals surface area contributed by atoms with Crippen molar-refractivity contribution in [3.8, 4) is 10.7 Å². The van der Waals surface area contributed by atoms with Gasteiger partial charge in [-0.3, -0.25) is 4.31 Å². The molecule has 2 heterocycles. The van der Waals surface area contributed by atoms with Crippen LogP contribution in [0.1, 0.15) is 16.3 Å². The van der Waals surface area contributed by atoms with Crippen molar-refractivity contribution in [3.63, 3.8) is 0 Å². The molecular formula is C16H17N3O3S2. The van der Waals surface area contributed by atoms with Crippen molar-refractivity contribution >= 4 is 27.0 Å². The third-order valence-corrected chi connectivity index (χ3v) is 6.74. The fourth-order valence-corrected chi connectivity index (χ4v) is 4.95. The fourth-order valence-electron chi connectivity index (χ4n) is 2.27. The zero-order valence-corrected chi connectivity index (χ0v) is 15.4. The third kappa shape index (κ3) is 2.94. The van der Waals surface area contributed by atoms with Gasteiger partial charge in [-0.2, -0.15) is 4.98 Å². The summed E-state index contributed by atoms with van der Waals surface area (Å²) < 4.78 is 32.2. The van der Waals surface area contributed by atoms with Gasteiger partial charge in [-0.15, -0.1) is 11.3 Å². The monoisotopic (exact) mass is 363 g/mol. The minimum atomic E-state index is -3.66. The van der Waals surface area contributed by atoms with Gasteiger partial charge in [0.2, 0.25) is 11.7 Å². The summed E-state index contributed by atoms with van der Waals surface area (Å²) in [6.45, 7) is 5.43. The van der Waals surface area contributed by atoms with Gasteiger partial charge in [0, 0.05) is 18.8 Å². The molecule has 0 amide bonds. The number of benzene rings is 1. The molecule has 0 atom stereocenters. The van der Waals surface area contributed by atoms with Crippen LogP contribution in [0, 0.1) is 20.8 Å². The van der Waals surface area contributed by atoms with Gasteiger partial charge in [-0.25, -0.2) is 8.42 Å². The molecule has 0 saturated carbocycles. The zero-order chi connectivity index (χ0) is 17.5. The highest BCUT2D eigenvalue weighted by Gasteiger charge is 2.26. The van der Waals surface area contributed by atoms with Crippen LogP contribution >= 0.6 is 11.3 Å². The molecule has 3 rings (SSSR count). The number of hydrogen-bond donors (Lipinski definition) is 0. The number of hydrogen-bond acceptors (Lipinski definition) is 6. The number of nitrogens with zero attached hydrogens (tertiary/aromatic N) is 3. The van der Waals surface area contributed by atoms with Crippen LogP contribution in [0.15, 0.2) is 39.8 Å². The van der Waals surface area contributed by atoms with Gasteiger partial charge in [0.05, 0.1) is 10.6 Å². The molecule has 0 fully saturated rings. The van der Waals surface area contributed by atoms with Crippen LogP contribution < -0.4 is 4.31 Å². The molecule has 3 aromatic rings.